The van der Waals surface area contributed by atoms with Crippen LogP contribution in [0.2, 0.25) is 0 Å². The van der Waals surface area contributed by atoms with Crippen molar-refractivity contribution in [2.45, 2.75) is 25.2 Å². The van der Waals surface area contributed by atoms with Gasteiger partial charge in [0.2, 0.25) is 10.0 Å². The summed E-state index contributed by atoms with van der Waals surface area (Å²) in [5, 5.41) is 0. The Morgan fingerprint density at radius 3 is 2.33 bits per heavy atom. The molecule has 1 aromatic rings. The van der Waals surface area contributed by atoms with Crippen LogP contribution in [-0.2, 0) is 10.0 Å². The number of anilines is 1. The van der Waals surface area contributed by atoms with Crippen molar-refractivity contribution in [3.8, 4) is 0 Å². The molecule has 1 heterocycles. The van der Waals surface area contributed by atoms with Gasteiger partial charge in [-0.1, -0.05) is 26.0 Å². The summed E-state index contributed by atoms with van der Waals surface area (Å²) in [6, 6.07) is 6.67. The lowest BCUT2D eigenvalue weighted by atomic mass is 10.1. The predicted molar refractivity (Wildman–Crippen MR) is 85.5 cm³/mol. The van der Waals surface area contributed by atoms with Gasteiger partial charge in [0, 0.05) is 26.2 Å². The van der Waals surface area contributed by atoms with Crippen molar-refractivity contribution in [1.29, 1.82) is 0 Å². The molecule has 118 valence electrons. The first kappa shape index (κ1) is 16.3. The standard InChI is InChI=1S/C15H25N3O2S/c1-13(2)7-8-17-9-11-18(12-10-17)21(19,20)15-6-4-3-5-14(15)16/h3-6,13H,7-12,16H2,1-2H3. The summed E-state index contributed by atoms with van der Waals surface area (Å²) in [5.74, 6) is 0.677. The fourth-order valence-corrected chi connectivity index (χ4v) is 4.03. The Morgan fingerprint density at radius 2 is 1.76 bits per heavy atom. The summed E-state index contributed by atoms with van der Waals surface area (Å²) in [7, 11) is -3.47. The van der Waals surface area contributed by atoms with E-state index in [1.807, 2.05) is 0 Å². The molecule has 5 nitrogen and oxygen atoms in total. The summed E-state index contributed by atoms with van der Waals surface area (Å²) in [4.78, 5) is 2.56. The molecular weight excluding hydrogens is 286 g/mol. The first-order valence-corrected chi connectivity index (χ1v) is 8.92. The van der Waals surface area contributed by atoms with Gasteiger partial charge in [0.1, 0.15) is 4.90 Å². The van der Waals surface area contributed by atoms with E-state index in [2.05, 4.69) is 18.7 Å². The van der Waals surface area contributed by atoms with Gasteiger partial charge >= 0.3 is 0 Å². The van der Waals surface area contributed by atoms with Crippen LogP contribution in [0, 0.1) is 5.92 Å². The van der Waals surface area contributed by atoms with Crippen molar-refractivity contribution in [2.75, 3.05) is 38.5 Å². The second kappa shape index (κ2) is 6.77. The summed E-state index contributed by atoms with van der Waals surface area (Å²) in [5.41, 5.74) is 6.12. The Bertz CT molecular complexity index is 564. The lowest BCUT2D eigenvalue weighted by molar-refractivity contribution is 0.180. The highest BCUT2D eigenvalue weighted by molar-refractivity contribution is 7.89. The van der Waals surface area contributed by atoms with Crippen LogP contribution in [0.5, 0.6) is 0 Å². The van der Waals surface area contributed by atoms with Crippen molar-refractivity contribution in [2.24, 2.45) is 5.92 Å². The molecule has 0 saturated carbocycles. The summed E-state index contributed by atoms with van der Waals surface area (Å²) < 4.78 is 26.8. The zero-order valence-electron chi connectivity index (χ0n) is 12.8. The fraction of sp³-hybridized carbons (Fsp3) is 0.600. The number of benzene rings is 1. The third kappa shape index (κ3) is 3.96. The molecular formula is C15H25N3O2S. The van der Waals surface area contributed by atoms with Crippen LogP contribution >= 0.6 is 0 Å². The second-order valence-corrected chi connectivity index (χ2v) is 7.87. The minimum atomic E-state index is -3.47. The van der Waals surface area contributed by atoms with Gasteiger partial charge in [-0.25, -0.2) is 8.42 Å². The summed E-state index contributed by atoms with van der Waals surface area (Å²) >= 11 is 0. The molecule has 0 unspecified atom stereocenters. The molecule has 6 heteroatoms. The zero-order chi connectivity index (χ0) is 15.5. The Labute approximate surface area is 127 Å². The van der Waals surface area contributed by atoms with Gasteiger partial charge in [0.25, 0.3) is 0 Å². The third-order valence-corrected chi connectivity index (χ3v) is 5.86. The first-order valence-electron chi connectivity index (χ1n) is 7.48. The van der Waals surface area contributed by atoms with Crippen LogP contribution in [-0.4, -0.2) is 50.3 Å². The van der Waals surface area contributed by atoms with E-state index in [1.54, 1.807) is 28.6 Å². The van der Waals surface area contributed by atoms with Crippen LogP contribution in [0.1, 0.15) is 20.3 Å². The molecule has 0 aromatic heterocycles. The number of hydrogen-bond donors (Lipinski definition) is 1. The Morgan fingerprint density at radius 1 is 1.14 bits per heavy atom. The van der Waals surface area contributed by atoms with Crippen molar-refractivity contribution in [3.05, 3.63) is 24.3 Å². The summed E-state index contributed by atoms with van der Waals surface area (Å²) in [6.07, 6.45) is 1.15. The number of nitrogens with zero attached hydrogens (tertiary/aromatic N) is 2. The summed E-state index contributed by atoms with van der Waals surface area (Å²) in [6.45, 7) is 8.11. The molecule has 1 aliphatic rings. The van der Waals surface area contributed by atoms with E-state index in [0.29, 0.717) is 24.7 Å². The van der Waals surface area contributed by atoms with Gasteiger partial charge in [0.15, 0.2) is 0 Å². The average molecular weight is 311 g/mol. The van der Waals surface area contributed by atoms with Crippen molar-refractivity contribution >= 4 is 15.7 Å². The largest absolute Gasteiger partial charge is 0.398 e. The number of hydrogen-bond acceptors (Lipinski definition) is 4. The highest BCUT2D eigenvalue weighted by Gasteiger charge is 2.29. The highest BCUT2D eigenvalue weighted by Crippen LogP contribution is 2.23. The molecule has 1 aromatic carbocycles. The second-order valence-electron chi connectivity index (χ2n) is 5.97. The Balaban J connectivity index is 2.00. The van der Waals surface area contributed by atoms with Crippen molar-refractivity contribution < 1.29 is 8.42 Å². The molecule has 1 fully saturated rings. The number of sulfonamides is 1. The quantitative estimate of drug-likeness (QED) is 0.839. The lowest BCUT2D eigenvalue weighted by Crippen LogP contribution is -2.48. The molecule has 0 atom stereocenters. The molecule has 2 N–H and O–H groups in total. The molecule has 0 amide bonds. The maximum Gasteiger partial charge on any atom is 0.245 e. The van der Waals surface area contributed by atoms with Crippen molar-refractivity contribution in [1.82, 2.24) is 9.21 Å². The number of nitrogen functional groups attached to an aromatic ring is 1. The lowest BCUT2D eigenvalue weighted by Gasteiger charge is -2.34. The fourth-order valence-electron chi connectivity index (χ4n) is 2.49. The number of para-hydroxylation sites is 1. The minimum absolute atomic E-state index is 0.223. The van der Waals surface area contributed by atoms with Crippen LogP contribution < -0.4 is 5.73 Å². The van der Waals surface area contributed by atoms with Crippen molar-refractivity contribution in [3.63, 3.8) is 0 Å². The molecule has 0 radical (unpaired) electrons. The number of nitrogens with two attached hydrogens (primary N) is 1. The maximum absolute atomic E-state index is 12.6. The van der Waals surface area contributed by atoms with Crippen LogP contribution in [0.15, 0.2) is 29.2 Å². The smallest absolute Gasteiger partial charge is 0.245 e. The van der Waals surface area contributed by atoms with Crippen LogP contribution in [0.4, 0.5) is 5.69 Å². The minimum Gasteiger partial charge on any atom is -0.398 e. The van der Waals surface area contributed by atoms with Gasteiger partial charge in [-0.2, -0.15) is 4.31 Å². The molecule has 1 aliphatic heterocycles. The zero-order valence-corrected chi connectivity index (χ0v) is 13.6. The topological polar surface area (TPSA) is 66.6 Å². The molecule has 0 spiro atoms. The SMILES string of the molecule is CC(C)CCN1CCN(S(=O)(=O)c2ccccc2N)CC1. The Hall–Kier alpha value is -1.11. The van der Waals surface area contributed by atoms with E-state index in [-0.39, 0.29) is 4.90 Å². The van der Waals surface area contributed by atoms with E-state index in [9.17, 15) is 8.42 Å². The molecule has 21 heavy (non-hydrogen) atoms. The number of piperazine rings is 1. The average Bonchev–Trinajstić information content (AvgIpc) is 2.46. The van der Waals surface area contributed by atoms with Gasteiger partial charge in [-0.05, 0) is 31.0 Å². The molecule has 0 aliphatic carbocycles. The van der Waals surface area contributed by atoms with Gasteiger partial charge < -0.3 is 10.6 Å². The molecule has 2 rings (SSSR count). The van der Waals surface area contributed by atoms with Gasteiger partial charge in [0.05, 0.1) is 5.69 Å². The van der Waals surface area contributed by atoms with Crippen LogP contribution in [0.25, 0.3) is 0 Å². The van der Waals surface area contributed by atoms with Gasteiger partial charge in [-0.15, -0.1) is 0 Å². The Kier molecular flexibility index (Phi) is 5.24. The van der Waals surface area contributed by atoms with E-state index in [1.165, 1.54) is 0 Å². The van der Waals surface area contributed by atoms with Gasteiger partial charge in [-0.3, -0.25) is 0 Å². The normalized spacial score (nSPS) is 18.2. The highest BCUT2D eigenvalue weighted by atomic mass is 32.2. The van der Waals surface area contributed by atoms with E-state index < -0.39 is 10.0 Å². The first-order chi connectivity index (χ1) is 9.91. The maximum atomic E-state index is 12.6. The number of rotatable bonds is 5. The molecule has 1 saturated heterocycles. The molecule has 0 bridgehead atoms. The monoisotopic (exact) mass is 311 g/mol. The van der Waals surface area contributed by atoms with E-state index >= 15 is 0 Å². The van der Waals surface area contributed by atoms with E-state index in [4.69, 9.17) is 5.73 Å². The third-order valence-electron chi connectivity index (χ3n) is 3.89. The van der Waals surface area contributed by atoms with Crippen LogP contribution in [0.3, 0.4) is 0 Å². The van der Waals surface area contributed by atoms with E-state index in [0.717, 1.165) is 26.1 Å². The predicted octanol–water partition coefficient (Wildman–Crippen LogP) is 1.62.